The number of allylic oxidation sites excluding steroid dienone is 4. The highest BCUT2D eigenvalue weighted by Crippen LogP contribution is 2.10. The lowest BCUT2D eigenvalue weighted by Crippen LogP contribution is -1.94. The van der Waals surface area contributed by atoms with Gasteiger partial charge in [-0.3, -0.25) is 0 Å². The van der Waals surface area contributed by atoms with Gasteiger partial charge in [-0.25, -0.2) is 0 Å². The standard InChI is InChI=1S/C19H34O/c1-3-4-5-6-7-8-9-10-11-12-13-14-15-16-17-19(2)18-20/h7-8,10-11,18-19H,3-6,9,12-17H2,1-2H3/b8-7-,11-10-. The number of rotatable bonds is 14. The summed E-state index contributed by atoms with van der Waals surface area (Å²) in [7, 11) is 0. The maximum Gasteiger partial charge on any atom is 0.122 e. The minimum atomic E-state index is 0.249. The molecule has 0 bridgehead atoms. The van der Waals surface area contributed by atoms with Gasteiger partial charge in [-0.1, -0.05) is 70.3 Å². The molecule has 0 aliphatic heterocycles. The average Bonchev–Trinajstić information content (AvgIpc) is 2.47. The molecule has 0 spiro atoms. The molecule has 0 saturated heterocycles. The SMILES string of the molecule is CCCCC/C=C\C/C=C\CCCCCCC(C)C=O. The van der Waals surface area contributed by atoms with Crippen molar-refractivity contribution >= 4 is 6.29 Å². The Morgan fingerprint density at radius 1 is 0.800 bits per heavy atom. The second-order valence-electron chi connectivity index (χ2n) is 5.78. The summed E-state index contributed by atoms with van der Waals surface area (Å²) >= 11 is 0. The largest absolute Gasteiger partial charge is 0.303 e. The Morgan fingerprint density at radius 2 is 1.40 bits per heavy atom. The molecule has 116 valence electrons. The van der Waals surface area contributed by atoms with Crippen LogP contribution in [0.15, 0.2) is 24.3 Å². The van der Waals surface area contributed by atoms with Crippen LogP contribution in [0.3, 0.4) is 0 Å². The van der Waals surface area contributed by atoms with Crippen molar-refractivity contribution in [3.8, 4) is 0 Å². The summed E-state index contributed by atoms with van der Waals surface area (Å²) < 4.78 is 0. The Bertz CT molecular complexity index is 252. The lowest BCUT2D eigenvalue weighted by Gasteiger charge is -2.02. The number of unbranched alkanes of at least 4 members (excludes halogenated alkanes) is 7. The fourth-order valence-electron chi connectivity index (χ4n) is 2.17. The molecule has 0 radical (unpaired) electrons. The van der Waals surface area contributed by atoms with Gasteiger partial charge in [-0.15, -0.1) is 0 Å². The molecular formula is C19H34O. The van der Waals surface area contributed by atoms with Gasteiger partial charge in [0.1, 0.15) is 6.29 Å². The Hall–Kier alpha value is -0.850. The Balaban J connectivity index is 3.21. The highest BCUT2D eigenvalue weighted by Gasteiger charge is 1.97. The van der Waals surface area contributed by atoms with E-state index in [1.165, 1.54) is 57.8 Å². The normalized spacial score (nSPS) is 13.3. The molecule has 0 aromatic rings. The quantitative estimate of drug-likeness (QED) is 0.209. The van der Waals surface area contributed by atoms with Crippen LogP contribution in [0.2, 0.25) is 0 Å². The van der Waals surface area contributed by atoms with E-state index in [1.54, 1.807) is 0 Å². The fraction of sp³-hybridized carbons (Fsp3) is 0.737. The van der Waals surface area contributed by atoms with Crippen LogP contribution in [0.25, 0.3) is 0 Å². The molecule has 1 atom stereocenters. The first-order valence-corrected chi connectivity index (χ1v) is 8.56. The van der Waals surface area contributed by atoms with Crippen LogP contribution in [0.4, 0.5) is 0 Å². The summed E-state index contributed by atoms with van der Waals surface area (Å²) in [6, 6.07) is 0. The summed E-state index contributed by atoms with van der Waals surface area (Å²) in [5.41, 5.74) is 0. The van der Waals surface area contributed by atoms with E-state index in [2.05, 4.69) is 31.2 Å². The van der Waals surface area contributed by atoms with Crippen molar-refractivity contribution in [2.75, 3.05) is 0 Å². The summed E-state index contributed by atoms with van der Waals surface area (Å²) in [4.78, 5) is 10.5. The molecule has 20 heavy (non-hydrogen) atoms. The molecule has 0 amide bonds. The molecule has 1 heteroatoms. The molecule has 0 aromatic heterocycles. The maximum atomic E-state index is 10.5. The maximum absolute atomic E-state index is 10.5. The Kier molecular flexibility index (Phi) is 15.5. The van der Waals surface area contributed by atoms with Gasteiger partial charge in [-0.2, -0.15) is 0 Å². The molecule has 0 saturated carbocycles. The predicted octanol–water partition coefficient (Wildman–Crippen LogP) is 6.24. The third-order valence-corrected chi connectivity index (χ3v) is 3.59. The van der Waals surface area contributed by atoms with Gasteiger partial charge in [0.05, 0.1) is 0 Å². The predicted molar refractivity (Wildman–Crippen MR) is 90.0 cm³/mol. The molecule has 1 nitrogen and oxygen atoms in total. The fourth-order valence-corrected chi connectivity index (χ4v) is 2.17. The zero-order valence-corrected chi connectivity index (χ0v) is 13.7. The molecule has 0 rings (SSSR count). The zero-order chi connectivity index (χ0) is 14.9. The van der Waals surface area contributed by atoms with E-state index in [4.69, 9.17) is 0 Å². The van der Waals surface area contributed by atoms with Crippen LogP contribution < -0.4 is 0 Å². The van der Waals surface area contributed by atoms with Gasteiger partial charge < -0.3 is 4.79 Å². The van der Waals surface area contributed by atoms with Crippen LogP contribution in [0, 0.1) is 5.92 Å². The van der Waals surface area contributed by atoms with Crippen LogP contribution in [0.5, 0.6) is 0 Å². The van der Waals surface area contributed by atoms with Crippen molar-refractivity contribution < 1.29 is 4.79 Å². The van der Waals surface area contributed by atoms with Crippen molar-refractivity contribution in [3.63, 3.8) is 0 Å². The molecule has 0 aliphatic carbocycles. The average molecular weight is 278 g/mol. The van der Waals surface area contributed by atoms with Gasteiger partial charge in [0, 0.05) is 5.92 Å². The van der Waals surface area contributed by atoms with Gasteiger partial charge in [0.2, 0.25) is 0 Å². The van der Waals surface area contributed by atoms with Crippen molar-refractivity contribution in [3.05, 3.63) is 24.3 Å². The Morgan fingerprint density at radius 3 is 2.00 bits per heavy atom. The topological polar surface area (TPSA) is 17.1 Å². The summed E-state index contributed by atoms with van der Waals surface area (Å²) in [6.45, 7) is 4.25. The molecule has 0 N–H and O–H groups in total. The first-order chi connectivity index (χ1) is 9.81. The van der Waals surface area contributed by atoms with E-state index >= 15 is 0 Å². The van der Waals surface area contributed by atoms with Gasteiger partial charge in [0.15, 0.2) is 0 Å². The monoisotopic (exact) mass is 278 g/mol. The van der Waals surface area contributed by atoms with Crippen molar-refractivity contribution in [2.45, 2.75) is 84.5 Å². The smallest absolute Gasteiger partial charge is 0.122 e. The van der Waals surface area contributed by atoms with Crippen LogP contribution >= 0.6 is 0 Å². The van der Waals surface area contributed by atoms with Gasteiger partial charge in [0.25, 0.3) is 0 Å². The third kappa shape index (κ3) is 15.2. The molecule has 0 aliphatic rings. The highest BCUT2D eigenvalue weighted by molar-refractivity contribution is 5.52. The minimum absolute atomic E-state index is 0.249. The van der Waals surface area contributed by atoms with Crippen LogP contribution in [0.1, 0.15) is 84.5 Å². The molecule has 1 unspecified atom stereocenters. The summed E-state index contributed by atoms with van der Waals surface area (Å²) in [5, 5.41) is 0. The van der Waals surface area contributed by atoms with Crippen molar-refractivity contribution in [1.82, 2.24) is 0 Å². The lowest BCUT2D eigenvalue weighted by molar-refractivity contribution is -0.110. The van der Waals surface area contributed by atoms with Crippen molar-refractivity contribution in [1.29, 1.82) is 0 Å². The van der Waals surface area contributed by atoms with Gasteiger partial charge >= 0.3 is 0 Å². The summed E-state index contributed by atoms with van der Waals surface area (Å²) in [6.07, 6.45) is 23.9. The molecular weight excluding hydrogens is 244 g/mol. The first-order valence-electron chi connectivity index (χ1n) is 8.56. The van der Waals surface area contributed by atoms with Gasteiger partial charge in [-0.05, 0) is 38.5 Å². The number of hydrogen-bond donors (Lipinski definition) is 0. The second-order valence-corrected chi connectivity index (χ2v) is 5.78. The third-order valence-electron chi connectivity index (χ3n) is 3.59. The number of carbonyl (C=O) groups is 1. The minimum Gasteiger partial charge on any atom is -0.303 e. The van der Waals surface area contributed by atoms with E-state index in [-0.39, 0.29) is 5.92 Å². The van der Waals surface area contributed by atoms with E-state index < -0.39 is 0 Å². The summed E-state index contributed by atoms with van der Waals surface area (Å²) in [5.74, 6) is 0.249. The highest BCUT2D eigenvalue weighted by atomic mass is 16.1. The number of aldehydes is 1. The van der Waals surface area contributed by atoms with Crippen molar-refractivity contribution in [2.24, 2.45) is 5.92 Å². The number of carbonyl (C=O) groups excluding carboxylic acids is 1. The first kappa shape index (κ1) is 19.1. The molecule has 0 aromatic carbocycles. The van der Waals surface area contributed by atoms with E-state index in [0.29, 0.717) is 0 Å². The van der Waals surface area contributed by atoms with Crippen LogP contribution in [-0.4, -0.2) is 6.29 Å². The van der Waals surface area contributed by atoms with E-state index in [0.717, 1.165) is 19.1 Å². The Labute approximate surface area is 126 Å². The second kappa shape index (κ2) is 16.2. The lowest BCUT2D eigenvalue weighted by atomic mass is 10.0. The van der Waals surface area contributed by atoms with Crippen LogP contribution in [-0.2, 0) is 4.79 Å². The van der Waals surface area contributed by atoms with E-state index in [9.17, 15) is 4.79 Å². The molecule has 0 fully saturated rings. The number of hydrogen-bond acceptors (Lipinski definition) is 1. The van der Waals surface area contributed by atoms with E-state index in [1.807, 2.05) is 6.92 Å². The zero-order valence-electron chi connectivity index (χ0n) is 13.7. The molecule has 0 heterocycles.